The predicted molar refractivity (Wildman–Crippen MR) is 106 cm³/mol. The van der Waals surface area contributed by atoms with E-state index in [1.54, 1.807) is 10.7 Å². The highest BCUT2D eigenvalue weighted by Gasteiger charge is 2.56. The van der Waals surface area contributed by atoms with Crippen molar-refractivity contribution in [1.82, 2.24) is 19.5 Å². The zero-order valence-corrected chi connectivity index (χ0v) is 15.8. The van der Waals surface area contributed by atoms with Crippen LogP contribution in [-0.4, -0.2) is 48.8 Å². The van der Waals surface area contributed by atoms with Crippen molar-refractivity contribution in [2.45, 2.75) is 44.2 Å². The summed E-state index contributed by atoms with van der Waals surface area (Å²) in [6.07, 6.45) is 7.54. The van der Waals surface area contributed by atoms with E-state index in [0.29, 0.717) is 11.5 Å². The number of hydrogen-bond donors (Lipinski definition) is 2. The molecule has 0 saturated carbocycles. The Morgan fingerprint density at radius 3 is 3.11 bits per heavy atom. The van der Waals surface area contributed by atoms with Gasteiger partial charge in [-0.3, -0.25) is 0 Å². The first-order valence-electron chi connectivity index (χ1n) is 9.72. The molecule has 2 aliphatic rings. The summed E-state index contributed by atoms with van der Waals surface area (Å²) in [5.74, 6) is 0.616. The third kappa shape index (κ3) is 2.57. The first-order chi connectivity index (χ1) is 13.6. The third-order valence-electron chi connectivity index (χ3n) is 6.19. The third-order valence-corrected chi connectivity index (χ3v) is 6.19. The number of aliphatic hydroxyl groups excluding tert-OH is 1. The number of benzene rings is 1. The second-order valence-electron chi connectivity index (χ2n) is 7.92. The highest BCUT2D eigenvalue weighted by molar-refractivity contribution is 5.91. The van der Waals surface area contributed by atoms with Gasteiger partial charge < -0.3 is 15.3 Å². The summed E-state index contributed by atoms with van der Waals surface area (Å²) in [6.45, 7) is 2.03. The average molecular weight is 377 g/mol. The first-order valence-corrected chi connectivity index (χ1v) is 9.72. The number of aliphatic hydroxyl groups is 1. The Labute approximate surface area is 163 Å². The Kier molecular flexibility index (Phi) is 3.87. The van der Waals surface area contributed by atoms with Gasteiger partial charge >= 0.3 is 6.03 Å². The molecule has 0 spiro atoms. The SMILES string of the molecule is Cc1ccc(NC(=O)N2[C@H]3CCC[C@]2(CO)C3)cc1-c1ncc2cccn2n1. The summed E-state index contributed by atoms with van der Waals surface area (Å²) in [4.78, 5) is 19.2. The molecule has 0 radical (unpaired) electrons. The summed E-state index contributed by atoms with van der Waals surface area (Å²) in [5.41, 5.74) is 3.19. The molecule has 3 aromatic rings. The zero-order valence-electron chi connectivity index (χ0n) is 15.8. The number of hydrogen-bond acceptors (Lipinski definition) is 4. The fourth-order valence-corrected chi connectivity index (χ4v) is 4.71. The lowest BCUT2D eigenvalue weighted by atomic mass is 9.69. The van der Waals surface area contributed by atoms with Crippen molar-refractivity contribution >= 4 is 17.2 Å². The summed E-state index contributed by atoms with van der Waals surface area (Å²) in [7, 11) is 0. The average Bonchev–Trinajstić information content (AvgIpc) is 3.17. The maximum atomic E-state index is 12.9. The van der Waals surface area contributed by atoms with Crippen molar-refractivity contribution in [2.24, 2.45) is 0 Å². The second kappa shape index (κ2) is 6.31. The zero-order chi connectivity index (χ0) is 19.3. The molecule has 7 heteroatoms. The Balaban J connectivity index is 1.42. The number of amides is 2. The largest absolute Gasteiger partial charge is 0.394 e. The Bertz CT molecular complexity index is 1060. The molecule has 0 unspecified atom stereocenters. The van der Waals surface area contributed by atoms with Crippen molar-refractivity contribution in [2.75, 3.05) is 11.9 Å². The van der Waals surface area contributed by atoms with Gasteiger partial charge in [-0.15, -0.1) is 5.10 Å². The Hall–Kier alpha value is -2.93. The van der Waals surface area contributed by atoms with E-state index in [-0.39, 0.29) is 24.2 Å². The van der Waals surface area contributed by atoms with Gasteiger partial charge in [0, 0.05) is 23.5 Å². The molecule has 1 aromatic carbocycles. The number of aryl methyl sites for hydroxylation is 1. The van der Waals surface area contributed by atoms with Crippen LogP contribution in [0.2, 0.25) is 0 Å². The van der Waals surface area contributed by atoms with E-state index in [4.69, 9.17) is 0 Å². The van der Waals surface area contributed by atoms with E-state index in [1.807, 2.05) is 48.4 Å². The van der Waals surface area contributed by atoms with Gasteiger partial charge in [0.05, 0.1) is 23.9 Å². The standard InChI is InChI=1S/C21H23N5O2/c1-14-6-7-15(10-18(14)19-22-12-17-5-3-9-25(17)24-19)23-20(28)26-16-4-2-8-21(26,11-16)13-27/h3,5-7,9-10,12,16,27H,2,4,8,11,13H2,1H3,(H,23,28)/t16-,21+/m0/s1. The molecule has 2 saturated heterocycles. The van der Waals surface area contributed by atoms with Gasteiger partial charge in [0.15, 0.2) is 5.82 Å². The van der Waals surface area contributed by atoms with Crippen LogP contribution < -0.4 is 5.32 Å². The highest BCUT2D eigenvalue weighted by Crippen LogP contribution is 2.47. The van der Waals surface area contributed by atoms with Crippen molar-refractivity contribution < 1.29 is 9.90 Å². The summed E-state index contributed by atoms with van der Waals surface area (Å²) < 4.78 is 1.79. The quantitative estimate of drug-likeness (QED) is 0.734. The first kappa shape index (κ1) is 17.2. The number of urea groups is 1. The van der Waals surface area contributed by atoms with E-state index >= 15 is 0 Å². The molecule has 2 fully saturated rings. The minimum absolute atomic E-state index is 0.0286. The lowest BCUT2D eigenvalue weighted by Crippen LogP contribution is -2.72. The summed E-state index contributed by atoms with van der Waals surface area (Å²) >= 11 is 0. The van der Waals surface area contributed by atoms with Crippen LogP contribution in [0, 0.1) is 6.92 Å². The molecule has 2 amide bonds. The van der Waals surface area contributed by atoms with Crippen LogP contribution in [0.25, 0.3) is 16.9 Å². The lowest BCUT2D eigenvalue weighted by Gasteiger charge is -2.61. The van der Waals surface area contributed by atoms with Crippen LogP contribution in [-0.2, 0) is 0 Å². The summed E-state index contributed by atoms with van der Waals surface area (Å²) in [6, 6.07) is 9.76. The van der Waals surface area contributed by atoms with Crippen LogP contribution in [0.1, 0.15) is 31.2 Å². The van der Waals surface area contributed by atoms with Crippen molar-refractivity contribution in [3.63, 3.8) is 0 Å². The van der Waals surface area contributed by atoms with Gasteiger partial charge in [0.2, 0.25) is 0 Å². The molecular formula is C21H23N5O2. The van der Waals surface area contributed by atoms with E-state index in [1.165, 1.54) is 0 Å². The van der Waals surface area contributed by atoms with Crippen molar-refractivity contribution in [3.05, 3.63) is 48.3 Å². The smallest absolute Gasteiger partial charge is 0.322 e. The van der Waals surface area contributed by atoms with Crippen LogP contribution in [0.4, 0.5) is 10.5 Å². The molecule has 2 aliphatic heterocycles. The Morgan fingerprint density at radius 2 is 2.29 bits per heavy atom. The number of anilines is 1. The van der Waals surface area contributed by atoms with E-state index in [2.05, 4.69) is 15.4 Å². The topological polar surface area (TPSA) is 82.8 Å². The molecule has 2 aromatic heterocycles. The molecule has 2 bridgehead atoms. The number of nitrogens with one attached hydrogen (secondary N) is 1. The van der Waals surface area contributed by atoms with Gasteiger partial charge in [-0.05, 0) is 62.4 Å². The van der Waals surface area contributed by atoms with Gasteiger partial charge in [0.25, 0.3) is 0 Å². The minimum atomic E-state index is -0.372. The molecule has 5 rings (SSSR count). The van der Waals surface area contributed by atoms with Gasteiger partial charge in [-0.1, -0.05) is 6.07 Å². The van der Waals surface area contributed by atoms with E-state index in [0.717, 1.165) is 42.3 Å². The van der Waals surface area contributed by atoms with Crippen LogP contribution >= 0.6 is 0 Å². The lowest BCUT2D eigenvalue weighted by molar-refractivity contribution is -0.0980. The van der Waals surface area contributed by atoms with Crippen LogP contribution in [0.3, 0.4) is 0 Å². The maximum absolute atomic E-state index is 12.9. The molecule has 4 heterocycles. The number of carbonyl (C=O) groups is 1. The molecule has 2 N–H and O–H groups in total. The van der Waals surface area contributed by atoms with E-state index < -0.39 is 0 Å². The fourth-order valence-electron chi connectivity index (χ4n) is 4.71. The number of rotatable bonds is 3. The molecule has 144 valence electrons. The van der Waals surface area contributed by atoms with E-state index in [9.17, 15) is 9.90 Å². The van der Waals surface area contributed by atoms with Crippen LogP contribution in [0.15, 0.2) is 42.7 Å². The molecule has 2 atom stereocenters. The predicted octanol–water partition coefficient (Wildman–Crippen LogP) is 3.23. The highest BCUT2D eigenvalue weighted by atomic mass is 16.3. The Morgan fingerprint density at radius 1 is 1.39 bits per heavy atom. The fraction of sp³-hybridized carbons (Fsp3) is 0.381. The normalized spacial score (nSPS) is 23.5. The molecule has 0 aliphatic carbocycles. The number of piperidine rings is 1. The maximum Gasteiger partial charge on any atom is 0.322 e. The molecule has 7 nitrogen and oxygen atoms in total. The van der Waals surface area contributed by atoms with Gasteiger partial charge in [0.1, 0.15) is 0 Å². The monoisotopic (exact) mass is 377 g/mol. The number of carbonyl (C=O) groups excluding carboxylic acids is 1. The number of nitrogens with zero attached hydrogens (tertiary/aromatic N) is 4. The van der Waals surface area contributed by atoms with Crippen molar-refractivity contribution in [3.8, 4) is 11.4 Å². The van der Waals surface area contributed by atoms with Crippen molar-refractivity contribution in [1.29, 1.82) is 0 Å². The minimum Gasteiger partial charge on any atom is -0.394 e. The molecule has 28 heavy (non-hydrogen) atoms. The van der Waals surface area contributed by atoms with Crippen LogP contribution in [0.5, 0.6) is 0 Å². The summed E-state index contributed by atoms with van der Waals surface area (Å²) in [5, 5.41) is 17.4. The second-order valence-corrected chi connectivity index (χ2v) is 7.92. The number of fused-ring (bicyclic) bond motifs is 3. The van der Waals surface area contributed by atoms with Gasteiger partial charge in [-0.25, -0.2) is 14.3 Å². The number of aromatic nitrogens is 3. The van der Waals surface area contributed by atoms with Gasteiger partial charge in [-0.2, -0.15) is 0 Å². The molecular weight excluding hydrogens is 354 g/mol.